The SMILES string of the molecule is CCCCCCCCc1cccc(C2=CC(CCCCC)=C(c3cccc(CCCC)c3)[N+]2=[N-])c1.[CH2-]CCCCCCCCC.[CH2-]CCCCCCCCC.[Pd+2]. The van der Waals surface area contributed by atoms with Crippen LogP contribution in [-0.2, 0) is 33.3 Å². The van der Waals surface area contributed by atoms with Crippen molar-refractivity contribution in [1.29, 1.82) is 0 Å². The standard InChI is InChI=1S/C33H46N2.2C10H21.Pd/c1-4-7-10-11-12-14-18-28-19-15-22-29(24-28)32-26-31(21-13-8-5-2)33(35(32)34)30-23-16-20-27(25-30)17-9-6-3;2*1-3-5-7-9-10-8-6-4-2;/h15-16,19-20,22-26H,4-14,17-18,21H2,1-3H3;2*1,3-10H2,2H3;/q;2*-1;+2. The molecule has 2 aromatic rings. The summed E-state index contributed by atoms with van der Waals surface area (Å²) < 4.78 is 1.46. The maximum absolute atomic E-state index is 11.4. The van der Waals surface area contributed by atoms with Crippen LogP contribution in [0.4, 0.5) is 0 Å². The van der Waals surface area contributed by atoms with Gasteiger partial charge in [-0.15, -0.1) is 0 Å². The monoisotopic (exact) mass is 859 g/mol. The van der Waals surface area contributed by atoms with Crippen molar-refractivity contribution in [3.63, 3.8) is 0 Å². The molecule has 2 aromatic carbocycles. The second kappa shape index (κ2) is 38.7. The van der Waals surface area contributed by atoms with Gasteiger partial charge >= 0.3 is 20.4 Å². The van der Waals surface area contributed by atoms with Crippen molar-refractivity contribution in [2.24, 2.45) is 0 Å². The molecule has 0 amide bonds. The predicted molar refractivity (Wildman–Crippen MR) is 247 cm³/mol. The van der Waals surface area contributed by atoms with E-state index in [1.54, 1.807) is 0 Å². The minimum Gasteiger partial charge on any atom is -0.493 e. The van der Waals surface area contributed by atoms with E-state index in [0.29, 0.717) is 0 Å². The third kappa shape index (κ3) is 25.5. The summed E-state index contributed by atoms with van der Waals surface area (Å²) in [7, 11) is 0. The van der Waals surface area contributed by atoms with Gasteiger partial charge in [0.05, 0.1) is 0 Å². The Bertz CT molecular complexity index is 1240. The number of unbranched alkanes of at least 4 members (excludes halogenated alkanes) is 22. The van der Waals surface area contributed by atoms with Gasteiger partial charge in [-0.2, -0.15) is 12.8 Å². The van der Waals surface area contributed by atoms with Crippen LogP contribution in [0.2, 0.25) is 0 Å². The van der Waals surface area contributed by atoms with E-state index in [4.69, 9.17) is 0 Å². The van der Waals surface area contributed by atoms with Gasteiger partial charge in [-0.25, -0.2) is 4.70 Å². The van der Waals surface area contributed by atoms with E-state index < -0.39 is 0 Å². The molecule has 1 aliphatic rings. The van der Waals surface area contributed by atoms with Gasteiger partial charge in [0.15, 0.2) is 0 Å². The predicted octanol–water partition coefficient (Wildman–Crippen LogP) is 18.2. The molecule has 0 bridgehead atoms. The fourth-order valence-electron chi connectivity index (χ4n) is 7.34. The average molecular weight is 860 g/mol. The maximum Gasteiger partial charge on any atom is 2.00 e. The molecule has 0 atom stereocenters. The molecular weight excluding hydrogens is 771 g/mol. The van der Waals surface area contributed by atoms with E-state index in [1.807, 2.05) is 0 Å². The molecule has 0 spiro atoms. The quantitative estimate of drug-likeness (QED) is 0.0324. The van der Waals surface area contributed by atoms with Gasteiger partial charge in [0.2, 0.25) is 11.4 Å². The third-order valence-corrected chi connectivity index (χ3v) is 10.9. The van der Waals surface area contributed by atoms with Crippen molar-refractivity contribution in [1.82, 2.24) is 0 Å². The molecule has 0 saturated heterocycles. The number of aryl methyl sites for hydroxylation is 2. The molecular formula is C53H88N2Pd. The zero-order valence-corrected chi connectivity index (χ0v) is 39.1. The van der Waals surface area contributed by atoms with Crippen molar-refractivity contribution in [3.8, 4) is 0 Å². The van der Waals surface area contributed by atoms with Crippen LogP contribution in [-0.4, -0.2) is 4.70 Å². The number of hydrogen-bond acceptors (Lipinski definition) is 0. The zero-order chi connectivity index (χ0) is 40.2. The average Bonchev–Trinajstić information content (AvgIpc) is 3.54. The summed E-state index contributed by atoms with van der Waals surface area (Å²) in [6.07, 6.45) is 41.1. The minimum atomic E-state index is 0. The summed E-state index contributed by atoms with van der Waals surface area (Å²) in [4.78, 5) is 0. The van der Waals surface area contributed by atoms with Gasteiger partial charge < -0.3 is 19.4 Å². The molecule has 0 unspecified atom stereocenters. The van der Waals surface area contributed by atoms with Crippen LogP contribution in [0.5, 0.6) is 0 Å². The van der Waals surface area contributed by atoms with Crippen molar-refractivity contribution in [3.05, 3.63) is 102 Å². The van der Waals surface area contributed by atoms with Crippen LogP contribution in [0.3, 0.4) is 0 Å². The molecule has 0 saturated carbocycles. The van der Waals surface area contributed by atoms with Gasteiger partial charge in [-0.3, -0.25) is 0 Å². The first-order valence-electron chi connectivity index (χ1n) is 23.7. The molecule has 56 heavy (non-hydrogen) atoms. The van der Waals surface area contributed by atoms with Crippen LogP contribution in [0.1, 0.15) is 237 Å². The molecule has 1 aliphatic heterocycles. The largest absolute Gasteiger partial charge is 2.00 e. The van der Waals surface area contributed by atoms with Crippen LogP contribution >= 0.6 is 0 Å². The molecule has 3 heteroatoms. The van der Waals surface area contributed by atoms with Crippen molar-refractivity contribution in [2.45, 2.75) is 227 Å². The Hall–Kier alpha value is -1.82. The molecule has 0 fully saturated rings. The van der Waals surface area contributed by atoms with Crippen molar-refractivity contribution in [2.75, 3.05) is 0 Å². The Morgan fingerprint density at radius 2 is 0.821 bits per heavy atom. The summed E-state index contributed by atoms with van der Waals surface area (Å²) in [5, 5.41) is 0. The number of rotatable bonds is 30. The molecule has 0 aliphatic carbocycles. The summed E-state index contributed by atoms with van der Waals surface area (Å²) in [6, 6.07) is 17.6. The summed E-state index contributed by atoms with van der Waals surface area (Å²) in [6.45, 7) is 18.9. The second-order valence-corrected chi connectivity index (χ2v) is 16.1. The Kier molecular flexibility index (Phi) is 37.4. The Morgan fingerprint density at radius 1 is 0.446 bits per heavy atom. The van der Waals surface area contributed by atoms with E-state index in [0.717, 1.165) is 61.0 Å². The fourth-order valence-corrected chi connectivity index (χ4v) is 7.34. The first-order chi connectivity index (χ1) is 27.0. The fraction of sp³-hybridized carbons (Fsp3) is 0.660. The zero-order valence-electron chi connectivity index (χ0n) is 37.5. The molecule has 0 radical (unpaired) electrons. The van der Waals surface area contributed by atoms with Crippen molar-refractivity contribution < 1.29 is 25.1 Å². The number of hydrogen-bond donors (Lipinski definition) is 0. The van der Waals surface area contributed by atoms with E-state index in [2.05, 4.69) is 103 Å². The minimum absolute atomic E-state index is 0. The van der Waals surface area contributed by atoms with E-state index >= 15 is 0 Å². The maximum atomic E-state index is 11.4. The van der Waals surface area contributed by atoms with Gasteiger partial charge in [-0.1, -0.05) is 200 Å². The van der Waals surface area contributed by atoms with Crippen LogP contribution in [0, 0.1) is 13.8 Å². The number of allylic oxidation sites excluding steroid dienone is 2. The molecule has 3 rings (SSSR count). The van der Waals surface area contributed by atoms with E-state index in [9.17, 15) is 5.53 Å². The summed E-state index contributed by atoms with van der Waals surface area (Å²) >= 11 is 0. The Labute approximate surface area is 363 Å². The third-order valence-electron chi connectivity index (χ3n) is 10.9. The molecule has 1 heterocycles. The van der Waals surface area contributed by atoms with Crippen LogP contribution < -0.4 is 0 Å². The summed E-state index contributed by atoms with van der Waals surface area (Å²) in [5.74, 6) is 0. The summed E-state index contributed by atoms with van der Waals surface area (Å²) in [5.41, 5.74) is 19.5. The van der Waals surface area contributed by atoms with Crippen molar-refractivity contribution >= 4 is 11.4 Å². The van der Waals surface area contributed by atoms with Gasteiger partial charge in [0, 0.05) is 22.8 Å². The first-order valence-corrected chi connectivity index (χ1v) is 23.7. The number of benzene rings is 2. The van der Waals surface area contributed by atoms with Gasteiger partial charge in [0.25, 0.3) is 0 Å². The topological polar surface area (TPSA) is 25.3 Å². The van der Waals surface area contributed by atoms with Gasteiger partial charge in [0.1, 0.15) is 0 Å². The number of nitrogens with zero attached hydrogens (tertiary/aromatic N) is 2. The Balaban J connectivity index is 0.00000118. The molecule has 320 valence electrons. The first kappa shape index (κ1) is 54.2. The van der Waals surface area contributed by atoms with E-state index in [-0.39, 0.29) is 20.4 Å². The molecule has 2 nitrogen and oxygen atoms in total. The Morgan fingerprint density at radius 3 is 1.30 bits per heavy atom. The van der Waals surface area contributed by atoms with Gasteiger partial charge in [-0.05, 0) is 73.9 Å². The molecule has 0 aromatic heterocycles. The normalized spacial score (nSPS) is 12.1. The van der Waals surface area contributed by atoms with Crippen LogP contribution in [0.15, 0.2) is 60.2 Å². The molecule has 0 N–H and O–H groups in total. The van der Waals surface area contributed by atoms with E-state index in [1.165, 1.54) is 175 Å². The smallest absolute Gasteiger partial charge is 0.493 e. The second-order valence-electron chi connectivity index (χ2n) is 16.1. The van der Waals surface area contributed by atoms with Crippen LogP contribution in [0.25, 0.3) is 16.9 Å².